The van der Waals surface area contributed by atoms with Crippen LogP contribution in [0.1, 0.15) is 25.3 Å². The second-order valence-electron chi connectivity index (χ2n) is 5.73. The summed E-state index contributed by atoms with van der Waals surface area (Å²) in [6.45, 7) is 2.35. The quantitative estimate of drug-likeness (QED) is 0.694. The largest absolute Gasteiger partial charge is 0.465 e. The van der Waals surface area contributed by atoms with Crippen LogP contribution in [0.5, 0.6) is 0 Å². The Labute approximate surface area is 141 Å². The van der Waals surface area contributed by atoms with Gasteiger partial charge in [-0.1, -0.05) is 30.3 Å². The van der Waals surface area contributed by atoms with Crippen LogP contribution in [0, 0.1) is 0 Å². The van der Waals surface area contributed by atoms with Gasteiger partial charge in [0.05, 0.1) is 19.7 Å². The molecule has 130 valence electrons. The molecule has 24 heavy (non-hydrogen) atoms. The van der Waals surface area contributed by atoms with Crippen molar-refractivity contribution in [2.75, 3.05) is 19.7 Å². The van der Waals surface area contributed by atoms with Gasteiger partial charge in [0, 0.05) is 12.6 Å². The van der Waals surface area contributed by atoms with E-state index < -0.39 is 17.9 Å². The van der Waals surface area contributed by atoms with E-state index in [-0.39, 0.29) is 25.7 Å². The number of benzene rings is 1. The summed E-state index contributed by atoms with van der Waals surface area (Å²) in [7, 11) is 0. The molecule has 1 saturated carbocycles. The van der Waals surface area contributed by atoms with Crippen LogP contribution in [0.15, 0.2) is 30.3 Å². The molecular formula is C17H23N3O4. The number of hydrogen-bond acceptors (Lipinski definition) is 5. The molecule has 0 aromatic heterocycles. The number of hydrogen-bond donors (Lipinski definition) is 2. The van der Waals surface area contributed by atoms with Crippen LogP contribution in [0.4, 0.5) is 4.79 Å². The number of nitrogens with zero attached hydrogens (tertiary/aromatic N) is 1. The fraction of sp³-hybridized carbons (Fsp3) is 0.471. The molecule has 0 heterocycles. The van der Waals surface area contributed by atoms with E-state index in [1.165, 1.54) is 0 Å². The van der Waals surface area contributed by atoms with Crippen molar-refractivity contribution in [1.82, 2.24) is 15.5 Å². The molecule has 7 nitrogen and oxygen atoms in total. The van der Waals surface area contributed by atoms with Gasteiger partial charge in [-0.2, -0.15) is 0 Å². The van der Waals surface area contributed by atoms with Crippen LogP contribution in [-0.2, 0) is 20.9 Å². The second kappa shape index (κ2) is 9.02. The summed E-state index contributed by atoms with van der Waals surface area (Å²) < 4.78 is 4.94. The van der Waals surface area contributed by atoms with Crippen LogP contribution in [-0.4, -0.2) is 48.5 Å². The van der Waals surface area contributed by atoms with Gasteiger partial charge in [-0.25, -0.2) is 4.79 Å². The predicted molar refractivity (Wildman–Crippen MR) is 88.0 cm³/mol. The van der Waals surface area contributed by atoms with Gasteiger partial charge < -0.3 is 10.1 Å². The summed E-state index contributed by atoms with van der Waals surface area (Å²) in [4.78, 5) is 37.0. The van der Waals surface area contributed by atoms with Crippen molar-refractivity contribution in [2.45, 2.75) is 32.4 Å². The Morgan fingerprint density at radius 3 is 2.50 bits per heavy atom. The van der Waals surface area contributed by atoms with E-state index in [4.69, 9.17) is 4.74 Å². The Kier molecular flexibility index (Phi) is 6.74. The predicted octanol–water partition coefficient (Wildman–Crippen LogP) is 1.04. The Bertz CT molecular complexity index is 572. The second-order valence-corrected chi connectivity index (χ2v) is 5.73. The fourth-order valence-electron chi connectivity index (χ4n) is 2.22. The first kappa shape index (κ1) is 17.9. The van der Waals surface area contributed by atoms with E-state index in [1.807, 2.05) is 30.3 Å². The standard InChI is InChI=1S/C17H23N3O4/c1-2-24-16(22)12-20(10-13-6-4-3-5-7-13)11-15(21)19-17(23)18-14-8-9-14/h3-7,14H,2,8-12H2,1H3,(H2,18,19,21,23). The number of amides is 3. The van der Waals surface area contributed by atoms with Crippen LogP contribution in [0.3, 0.4) is 0 Å². The van der Waals surface area contributed by atoms with Crippen molar-refractivity contribution in [2.24, 2.45) is 0 Å². The lowest BCUT2D eigenvalue weighted by atomic mass is 10.2. The van der Waals surface area contributed by atoms with Gasteiger partial charge in [0.1, 0.15) is 0 Å². The molecule has 0 unspecified atom stereocenters. The van der Waals surface area contributed by atoms with Crippen LogP contribution < -0.4 is 10.6 Å². The Balaban J connectivity index is 1.89. The van der Waals surface area contributed by atoms with Crippen LogP contribution in [0.2, 0.25) is 0 Å². The minimum Gasteiger partial charge on any atom is -0.465 e. The summed E-state index contributed by atoms with van der Waals surface area (Å²) in [6, 6.07) is 9.19. The Morgan fingerprint density at radius 2 is 1.88 bits per heavy atom. The number of imide groups is 1. The maximum Gasteiger partial charge on any atom is 0.321 e. The summed E-state index contributed by atoms with van der Waals surface area (Å²) >= 11 is 0. The maximum atomic E-state index is 12.0. The van der Waals surface area contributed by atoms with Crippen LogP contribution in [0.25, 0.3) is 0 Å². The van der Waals surface area contributed by atoms with Crippen LogP contribution >= 0.6 is 0 Å². The minimum atomic E-state index is -0.488. The molecule has 1 aromatic carbocycles. The zero-order valence-corrected chi connectivity index (χ0v) is 13.8. The first-order valence-electron chi connectivity index (χ1n) is 8.09. The number of esters is 1. The number of urea groups is 1. The smallest absolute Gasteiger partial charge is 0.321 e. The first-order valence-corrected chi connectivity index (χ1v) is 8.09. The molecule has 0 radical (unpaired) electrons. The van der Waals surface area contributed by atoms with Crippen molar-refractivity contribution in [3.8, 4) is 0 Å². The minimum absolute atomic E-state index is 0.0135. The van der Waals surface area contributed by atoms with E-state index in [1.54, 1.807) is 11.8 Å². The van der Waals surface area contributed by atoms with E-state index in [9.17, 15) is 14.4 Å². The van der Waals surface area contributed by atoms with Gasteiger partial charge in [0.15, 0.2) is 0 Å². The van der Waals surface area contributed by atoms with Gasteiger partial charge in [0.25, 0.3) is 0 Å². The third kappa shape index (κ3) is 6.78. The molecule has 1 aliphatic rings. The zero-order chi connectivity index (χ0) is 17.4. The molecule has 3 amide bonds. The van der Waals surface area contributed by atoms with Crippen molar-refractivity contribution >= 4 is 17.9 Å². The first-order chi connectivity index (χ1) is 11.6. The lowest BCUT2D eigenvalue weighted by molar-refractivity contribution is -0.144. The van der Waals surface area contributed by atoms with E-state index in [0.29, 0.717) is 6.54 Å². The normalized spacial score (nSPS) is 13.4. The number of rotatable bonds is 8. The fourth-order valence-corrected chi connectivity index (χ4v) is 2.22. The molecule has 2 rings (SSSR count). The maximum absolute atomic E-state index is 12.0. The van der Waals surface area contributed by atoms with Crippen molar-refractivity contribution in [3.63, 3.8) is 0 Å². The van der Waals surface area contributed by atoms with Gasteiger partial charge in [-0.05, 0) is 25.3 Å². The third-order valence-corrected chi connectivity index (χ3v) is 3.44. The molecule has 0 atom stereocenters. The summed E-state index contributed by atoms with van der Waals surface area (Å²) in [5.74, 6) is -0.850. The topological polar surface area (TPSA) is 87.7 Å². The number of carbonyl (C=O) groups is 3. The SMILES string of the molecule is CCOC(=O)CN(CC(=O)NC(=O)NC1CC1)Cc1ccccc1. The van der Waals surface area contributed by atoms with E-state index >= 15 is 0 Å². The molecule has 0 aliphatic heterocycles. The van der Waals surface area contributed by atoms with Gasteiger partial charge >= 0.3 is 12.0 Å². The van der Waals surface area contributed by atoms with Gasteiger partial charge in [-0.15, -0.1) is 0 Å². The molecule has 1 fully saturated rings. The average Bonchev–Trinajstić information content (AvgIpc) is 3.31. The zero-order valence-electron chi connectivity index (χ0n) is 13.8. The van der Waals surface area contributed by atoms with Crippen molar-refractivity contribution in [3.05, 3.63) is 35.9 Å². The lowest BCUT2D eigenvalue weighted by Gasteiger charge is -2.20. The van der Waals surface area contributed by atoms with E-state index in [2.05, 4.69) is 10.6 Å². The molecule has 1 aliphatic carbocycles. The number of carbonyl (C=O) groups excluding carboxylic acids is 3. The van der Waals surface area contributed by atoms with Gasteiger partial charge in [0.2, 0.25) is 5.91 Å². The molecule has 0 bridgehead atoms. The summed E-state index contributed by atoms with van der Waals surface area (Å²) in [5, 5.41) is 4.98. The molecule has 1 aromatic rings. The molecular weight excluding hydrogens is 310 g/mol. The highest BCUT2D eigenvalue weighted by atomic mass is 16.5. The highest BCUT2D eigenvalue weighted by Crippen LogP contribution is 2.18. The lowest BCUT2D eigenvalue weighted by Crippen LogP contribution is -2.46. The number of ether oxygens (including phenoxy) is 1. The average molecular weight is 333 g/mol. The molecule has 0 spiro atoms. The van der Waals surface area contributed by atoms with Gasteiger partial charge in [-0.3, -0.25) is 19.8 Å². The summed E-state index contributed by atoms with van der Waals surface area (Å²) in [5.41, 5.74) is 0.969. The monoisotopic (exact) mass is 333 g/mol. The third-order valence-electron chi connectivity index (χ3n) is 3.44. The van der Waals surface area contributed by atoms with Crippen molar-refractivity contribution in [1.29, 1.82) is 0 Å². The highest BCUT2D eigenvalue weighted by Gasteiger charge is 2.24. The molecule has 0 saturated heterocycles. The highest BCUT2D eigenvalue weighted by molar-refractivity contribution is 5.95. The number of nitrogens with one attached hydrogen (secondary N) is 2. The Hall–Kier alpha value is -2.41. The summed E-state index contributed by atoms with van der Waals surface area (Å²) in [6.07, 6.45) is 1.90. The molecule has 7 heteroatoms. The molecule has 2 N–H and O–H groups in total. The Morgan fingerprint density at radius 1 is 1.17 bits per heavy atom. The van der Waals surface area contributed by atoms with E-state index in [0.717, 1.165) is 18.4 Å². The van der Waals surface area contributed by atoms with Crippen molar-refractivity contribution < 1.29 is 19.1 Å².